The molecule has 1 fully saturated rings. The summed E-state index contributed by atoms with van der Waals surface area (Å²) < 4.78 is 0.967. The van der Waals surface area contributed by atoms with Crippen LogP contribution in [0.15, 0.2) is 58.0 Å². The number of halogens is 1. The van der Waals surface area contributed by atoms with Gasteiger partial charge in [0.1, 0.15) is 12.0 Å². The Balaban J connectivity index is 1.53. The van der Waals surface area contributed by atoms with E-state index in [1.54, 1.807) is 0 Å². The smallest absolute Gasteiger partial charge is 0.234 e. The van der Waals surface area contributed by atoms with Gasteiger partial charge < -0.3 is 5.32 Å². The van der Waals surface area contributed by atoms with Gasteiger partial charge >= 0.3 is 0 Å². The largest absolute Gasteiger partial charge is 0.325 e. The zero-order chi connectivity index (χ0) is 21.3. The number of amidine groups is 2. The van der Waals surface area contributed by atoms with Gasteiger partial charge in [0.15, 0.2) is 5.17 Å². The molecule has 1 amide bonds. The number of benzene rings is 2. The Bertz CT molecular complexity index is 978. The molecule has 7 nitrogen and oxygen atoms in total. The summed E-state index contributed by atoms with van der Waals surface area (Å²) >= 11 is 4.79. The molecular weight excluding hydrogens is 464 g/mol. The van der Waals surface area contributed by atoms with Crippen molar-refractivity contribution in [2.24, 2.45) is 10.9 Å². The summed E-state index contributed by atoms with van der Waals surface area (Å²) in [6, 6.07) is 15.6. The van der Waals surface area contributed by atoms with E-state index in [9.17, 15) is 4.79 Å². The number of aryl methyl sites for hydroxylation is 1. The van der Waals surface area contributed by atoms with Gasteiger partial charge in [-0.05, 0) is 50.2 Å². The Morgan fingerprint density at radius 3 is 2.60 bits per heavy atom. The van der Waals surface area contributed by atoms with Crippen molar-refractivity contribution in [1.29, 1.82) is 5.41 Å². The van der Waals surface area contributed by atoms with Crippen LogP contribution in [0.25, 0.3) is 0 Å². The van der Waals surface area contributed by atoms with Crippen LogP contribution in [-0.4, -0.2) is 34.9 Å². The van der Waals surface area contributed by atoms with E-state index in [0.717, 1.165) is 21.4 Å². The fourth-order valence-corrected chi connectivity index (χ4v) is 4.62. The summed E-state index contributed by atoms with van der Waals surface area (Å²) in [4.78, 5) is 19.1. The van der Waals surface area contributed by atoms with Crippen LogP contribution in [0.3, 0.4) is 0 Å². The lowest BCUT2D eigenvalue weighted by Gasteiger charge is -2.35. The normalized spacial score (nSPS) is 23.2. The Labute approximate surface area is 188 Å². The molecule has 2 aliphatic heterocycles. The van der Waals surface area contributed by atoms with Crippen LogP contribution in [0.4, 0.5) is 11.4 Å². The van der Waals surface area contributed by atoms with Crippen molar-refractivity contribution < 1.29 is 4.79 Å². The molecule has 9 heteroatoms. The molecule has 156 valence electrons. The number of nitrogens with zero attached hydrogens (tertiary/aromatic N) is 2. The number of fused-ring (bicyclic) bond motifs is 1. The van der Waals surface area contributed by atoms with E-state index in [1.165, 1.54) is 11.8 Å². The number of amides is 1. The van der Waals surface area contributed by atoms with E-state index in [1.807, 2.05) is 67.3 Å². The zero-order valence-electron chi connectivity index (χ0n) is 16.6. The summed E-state index contributed by atoms with van der Waals surface area (Å²) in [5, 5.41) is 12.4. The molecular formula is C21H23BrN6OS. The van der Waals surface area contributed by atoms with Crippen molar-refractivity contribution in [3.8, 4) is 0 Å². The van der Waals surface area contributed by atoms with Gasteiger partial charge in [0.05, 0.1) is 11.7 Å². The fourth-order valence-electron chi connectivity index (χ4n) is 3.50. The number of thioether (sulfide) groups is 1. The Hall–Kier alpha value is -2.20. The predicted molar refractivity (Wildman–Crippen MR) is 127 cm³/mol. The number of rotatable bonds is 4. The van der Waals surface area contributed by atoms with Crippen LogP contribution in [0, 0.1) is 18.3 Å². The molecule has 0 saturated carbocycles. The summed E-state index contributed by atoms with van der Waals surface area (Å²) in [5.74, 6) is 0.470. The lowest BCUT2D eigenvalue weighted by atomic mass is 9.97. The molecule has 0 aromatic heterocycles. The predicted octanol–water partition coefficient (Wildman–Crippen LogP) is 3.72. The van der Waals surface area contributed by atoms with E-state index in [4.69, 9.17) is 10.4 Å². The van der Waals surface area contributed by atoms with Gasteiger partial charge in [-0.15, -0.1) is 0 Å². The molecule has 0 spiro atoms. The average Bonchev–Trinajstić information content (AvgIpc) is 3.10. The maximum atomic E-state index is 12.5. The molecule has 0 bridgehead atoms. The first-order chi connectivity index (χ1) is 14.4. The number of nitrogens with one attached hydrogen (secondary N) is 4. The highest BCUT2D eigenvalue weighted by Crippen LogP contribution is 2.32. The van der Waals surface area contributed by atoms with Crippen LogP contribution in [-0.2, 0) is 4.79 Å². The molecule has 3 unspecified atom stereocenters. The molecule has 2 aromatic rings. The van der Waals surface area contributed by atoms with Crippen molar-refractivity contribution in [2.45, 2.75) is 26.1 Å². The molecule has 0 aliphatic carbocycles. The molecule has 2 aromatic carbocycles. The number of hydrazine groups is 1. The van der Waals surface area contributed by atoms with Crippen LogP contribution in [0.5, 0.6) is 0 Å². The minimum absolute atomic E-state index is 0.0839. The quantitative estimate of drug-likeness (QED) is 0.528. The molecule has 3 atom stereocenters. The van der Waals surface area contributed by atoms with Gasteiger partial charge in [0.2, 0.25) is 5.91 Å². The van der Waals surface area contributed by atoms with Crippen LogP contribution in [0.1, 0.15) is 12.5 Å². The number of anilines is 2. The van der Waals surface area contributed by atoms with Gasteiger partial charge in [-0.1, -0.05) is 45.4 Å². The fraction of sp³-hybridized carbons (Fsp3) is 0.286. The molecule has 2 aliphatic rings. The van der Waals surface area contributed by atoms with E-state index >= 15 is 0 Å². The monoisotopic (exact) mass is 486 g/mol. The summed E-state index contributed by atoms with van der Waals surface area (Å²) in [6.45, 7) is 4.04. The maximum absolute atomic E-state index is 12.5. The Morgan fingerprint density at radius 1 is 1.20 bits per heavy atom. The van der Waals surface area contributed by atoms with Crippen LogP contribution < -0.4 is 21.1 Å². The van der Waals surface area contributed by atoms with E-state index in [0.29, 0.717) is 11.0 Å². The SMILES string of the molecule is Cc1ccc(NC(=O)CSC2=NC3NNC(C)C3C(=N)N2c2ccc(Br)cc2)cc1. The number of hydrogen-bond acceptors (Lipinski definition) is 6. The second-order valence-corrected chi connectivity index (χ2v) is 9.22. The lowest BCUT2D eigenvalue weighted by molar-refractivity contribution is -0.113. The first-order valence-corrected chi connectivity index (χ1v) is 11.4. The highest BCUT2D eigenvalue weighted by atomic mass is 79.9. The van der Waals surface area contributed by atoms with Crippen molar-refractivity contribution in [3.63, 3.8) is 0 Å². The molecule has 1 saturated heterocycles. The third kappa shape index (κ3) is 4.44. The number of carbonyl (C=O) groups is 1. The van der Waals surface area contributed by atoms with E-state index in [2.05, 4.69) is 32.1 Å². The number of aliphatic imine (C=N–C) groups is 1. The van der Waals surface area contributed by atoms with Crippen LogP contribution in [0.2, 0.25) is 0 Å². The summed E-state index contributed by atoms with van der Waals surface area (Å²) in [5.41, 5.74) is 9.09. The van der Waals surface area contributed by atoms with E-state index < -0.39 is 0 Å². The highest BCUT2D eigenvalue weighted by molar-refractivity contribution is 9.10. The van der Waals surface area contributed by atoms with Crippen molar-refractivity contribution in [3.05, 3.63) is 58.6 Å². The van der Waals surface area contributed by atoms with Crippen molar-refractivity contribution in [2.75, 3.05) is 16.0 Å². The highest BCUT2D eigenvalue weighted by Gasteiger charge is 2.43. The molecule has 2 heterocycles. The van der Waals surface area contributed by atoms with Crippen LogP contribution >= 0.6 is 27.7 Å². The topological polar surface area (TPSA) is 92.6 Å². The zero-order valence-corrected chi connectivity index (χ0v) is 19.0. The van der Waals surface area contributed by atoms with Crippen molar-refractivity contribution in [1.82, 2.24) is 10.9 Å². The lowest BCUT2D eigenvalue weighted by Crippen LogP contribution is -2.50. The second kappa shape index (κ2) is 8.89. The minimum Gasteiger partial charge on any atom is -0.325 e. The third-order valence-corrected chi connectivity index (χ3v) is 6.57. The van der Waals surface area contributed by atoms with Gasteiger partial charge in [-0.25, -0.2) is 10.4 Å². The summed E-state index contributed by atoms with van der Waals surface area (Å²) in [7, 11) is 0. The van der Waals surface area contributed by atoms with Gasteiger partial charge in [-0.2, -0.15) is 0 Å². The van der Waals surface area contributed by atoms with Gasteiger partial charge in [-0.3, -0.25) is 20.5 Å². The standard InChI is InChI=1S/C21H23BrN6OS/c1-12-3-7-15(8-4-12)24-17(29)11-30-21-25-20-18(13(2)26-27-20)19(23)28(21)16-9-5-14(22)6-10-16/h3-10,13,18,20,23,26-27H,11H2,1-2H3,(H,24,29). The van der Waals surface area contributed by atoms with Gasteiger partial charge in [0.25, 0.3) is 0 Å². The van der Waals surface area contributed by atoms with Crippen molar-refractivity contribution >= 4 is 56.0 Å². The number of carbonyl (C=O) groups excluding carboxylic acids is 1. The maximum Gasteiger partial charge on any atom is 0.234 e. The molecule has 0 radical (unpaired) electrons. The first-order valence-electron chi connectivity index (χ1n) is 9.64. The Morgan fingerprint density at radius 2 is 1.90 bits per heavy atom. The molecule has 30 heavy (non-hydrogen) atoms. The number of hydrogen-bond donors (Lipinski definition) is 4. The van der Waals surface area contributed by atoms with Gasteiger partial charge in [0, 0.05) is 21.9 Å². The second-order valence-electron chi connectivity index (χ2n) is 7.36. The Kier molecular flexibility index (Phi) is 6.24. The molecule has 4 N–H and O–H groups in total. The minimum atomic E-state index is -0.221. The van der Waals surface area contributed by atoms with E-state index in [-0.39, 0.29) is 29.8 Å². The average molecular weight is 487 g/mol. The third-order valence-electron chi connectivity index (χ3n) is 5.09. The summed E-state index contributed by atoms with van der Waals surface area (Å²) in [6.07, 6.45) is -0.221. The molecule has 4 rings (SSSR count). The first kappa shape index (κ1) is 21.0.